The molecule has 1 rings (SSSR count). The second-order valence-electron chi connectivity index (χ2n) is 4.79. The lowest BCUT2D eigenvalue weighted by molar-refractivity contribution is -0.399. The fourth-order valence-electron chi connectivity index (χ4n) is 2.46. The van der Waals surface area contributed by atoms with Gasteiger partial charge < -0.3 is 5.11 Å². The molecule has 0 bridgehead atoms. The maximum Gasteiger partial charge on any atom is 0.426 e. The van der Waals surface area contributed by atoms with Crippen LogP contribution in [0.2, 0.25) is 0 Å². The summed E-state index contributed by atoms with van der Waals surface area (Å²) in [5, 5.41) is 8.95. The quantitative estimate of drug-likeness (QED) is 0.767. The fourth-order valence-corrected chi connectivity index (χ4v) is 2.46. The van der Waals surface area contributed by atoms with Crippen molar-refractivity contribution in [2.24, 2.45) is 11.8 Å². The highest BCUT2D eigenvalue weighted by Crippen LogP contribution is 2.59. The highest BCUT2D eigenvalue weighted by atomic mass is 19.4. The molecule has 0 saturated heterocycles. The molecule has 10 heteroatoms. The molecule has 1 saturated carbocycles. The number of alkyl halides is 9. The molecule has 0 aliphatic heterocycles. The summed E-state index contributed by atoms with van der Waals surface area (Å²) in [7, 11) is 0. The minimum atomic E-state index is -6.39. The first-order valence-electron chi connectivity index (χ1n) is 5.58. The van der Waals surface area contributed by atoms with Crippen LogP contribution in [0.3, 0.4) is 0 Å². The largest absolute Gasteiger partial charge is 0.426 e. The average Bonchev–Trinajstić information content (AvgIpc) is 2.47. The zero-order chi connectivity index (χ0) is 16.1. The second-order valence-corrected chi connectivity index (χ2v) is 4.79. The molecule has 0 spiro atoms. The van der Waals surface area contributed by atoms with Crippen LogP contribution in [0.5, 0.6) is 0 Å². The van der Waals surface area contributed by atoms with Crippen molar-refractivity contribution in [2.45, 2.75) is 49.8 Å². The molecular formula is C10H11F9O. The van der Waals surface area contributed by atoms with E-state index in [9.17, 15) is 39.5 Å². The lowest BCUT2D eigenvalue weighted by atomic mass is 9.82. The maximum absolute atomic E-state index is 13.5. The summed E-state index contributed by atoms with van der Waals surface area (Å²) >= 11 is 0. The van der Waals surface area contributed by atoms with Gasteiger partial charge >= 0.3 is 12.4 Å². The molecule has 1 nitrogen and oxygen atoms in total. The van der Waals surface area contributed by atoms with Crippen molar-refractivity contribution in [3.63, 3.8) is 0 Å². The molecule has 120 valence electrons. The lowest BCUT2D eigenvalue weighted by Gasteiger charge is -2.39. The van der Waals surface area contributed by atoms with E-state index in [0.29, 0.717) is 0 Å². The van der Waals surface area contributed by atoms with E-state index in [2.05, 4.69) is 0 Å². The molecule has 0 heterocycles. The fraction of sp³-hybridized carbons (Fsp3) is 1.00. The first kappa shape index (κ1) is 17.4. The zero-order valence-corrected chi connectivity index (χ0v) is 10.00. The van der Waals surface area contributed by atoms with Gasteiger partial charge in [0, 0.05) is 0 Å². The summed E-state index contributed by atoms with van der Waals surface area (Å²) in [6.07, 6.45) is -17.7. The van der Waals surface area contributed by atoms with E-state index in [-0.39, 0.29) is 6.42 Å². The van der Waals surface area contributed by atoms with Crippen molar-refractivity contribution in [3.8, 4) is 0 Å². The van der Waals surface area contributed by atoms with Gasteiger partial charge in [0.05, 0.1) is 5.92 Å². The van der Waals surface area contributed by atoms with E-state index < -0.39 is 48.3 Å². The molecule has 0 aromatic heterocycles. The van der Waals surface area contributed by atoms with Gasteiger partial charge in [0.2, 0.25) is 0 Å². The van der Waals surface area contributed by atoms with Gasteiger partial charge in [0.1, 0.15) is 0 Å². The predicted octanol–water partition coefficient (Wildman–Crippen LogP) is 3.86. The van der Waals surface area contributed by atoms with Crippen molar-refractivity contribution in [1.82, 2.24) is 0 Å². The van der Waals surface area contributed by atoms with Crippen molar-refractivity contribution in [2.75, 3.05) is 0 Å². The highest BCUT2D eigenvalue weighted by molar-refractivity contribution is 5.11. The maximum atomic E-state index is 13.5. The summed E-state index contributed by atoms with van der Waals surface area (Å²) in [4.78, 5) is 0. The van der Waals surface area contributed by atoms with E-state index in [4.69, 9.17) is 5.11 Å². The third-order valence-corrected chi connectivity index (χ3v) is 3.68. The van der Waals surface area contributed by atoms with E-state index in [0.717, 1.165) is 6.92 Å². The van der Waals surface area contributed by atoms with E-state index in [1.807, 2.05) is 0 Å². The summed E-state index contributed by atoms with van der Waals surface area (Å²) in [5.41, 5.74) is -5.64. The molecule has 1 fully saturated rings. The number of aliphatic hydroxyl groups is 1. The van der Waals surface area contributed by atoms with Crippen LogP contribution >= 0.6 is 0 Å². The Balaban J connectivity index is 3.38. The third-order valence-electron chi connectivity index (χ3n) is 3.68. The van der Waals surface area contributed by atoms with Gasteiger partial charge in [-0.3, -0.25) is 0 Å². The number of hydrogen-bond acceptors (Lipinski definition) is 1. The Morgan fingerprint density at radius 1 is 1.05 bits per heavy atom. The van der Waals surface area contributed by atoms with Crippen LogP contribution in [-0.2, 0) is 0 Å². The average molecular weight is 318 g/mol. The van der Waals surface area contributed by atoms with E-state index in [1.165, 1.54) is 0 Å². The van der Waals surface area contributed by atoms with Crippen LogP contribution in [-0.4, -0.2) is 35.2 Å². The molecular weight excluding hydrogens is 307 g/mol. The number of halogens is 9. The zero-order valence-electron chi connectivity index (χ0n) is 10.00. The van der Waals surface area contributed by atoms with E-state index >= 15 is 0 Å². The van der Waals surface area contributed by atoms with Crippen LogP contribution < -0.4 is 0 Å². The van der Waals surface area contributed by atoms with Gasteiger partial charge in [0.25, 0.3) is 11.5 Å². The Morgan fingerprint density at radius 2 is 1.45 bits per heavy atom. The topological polar surface area (TPSA) is 20.2 Å². The molecule has 0 radical (unpaired) electrons. The van der Waals surface area contributed by atoms with Crippen LogP contribution in [0.15, 0.2) is 0 Å². The first-order chi connectivity index (χ1) is 8.71. The lowest BCUT2D eigenvalue weighted by Crippen LogP contribution is -2.65. The summed E-state index contributed by atoms with van der Waals surface area (Å²) in [6.45, 7) is 1.16. The first-order valence-corrected chi connectivity index (χ1v) is 5.58. The smallest absolute Gasteiger partial charge is 0.373 e. The molecule has 0 amide bonds. The van der Waals surface area contributed by atoms with E-state index in [1.54, 1.807) is 0 Å². The summed E-state index contributed by atoms with van der Waals surface area (Å²) in [5.74, 6) is -10.2. The Hall–Kier alpha value is -0.670. The molecule has 20 heavy (non-hydrogen) atoms. The van der Waals surface area contributed by atoms with Crippen molar-refractivity contribution in [3.05, 3.63) is 0 Å². The normalized spacial score (nSPS) is 31.6. The standard InChI is InChI=1S/C10H11F9O/c1-2-4-3-5(7(12,13)6(4)11)8(20,9(14,15)16)10(17,18)19/h4-6,20H,2-3H2,1H3. The third kappa shape index (κ3) is 2.25. The molecule has 1 aliphatic carbocycles. The predicted molar refractivity (Wildman–Crippen MR) is 48.8 cm³/mol. The van der Waals surface area contributed by atoms with Gasteiger partial charge in [0.15, 0.2) is 6.17 Å². The summed E-state index contributed by atoms with van der Waals surface area (Å²) in [6, 6.07) is 0. The molecule has 1 aliphatic rings. The molecule has 3 unspecified atom stereocenters. The molecule has 0 aromatic carbocycles. The van der Waals surface area contributed by atoms with Gasteiger partial charge in [-0.25, -0.2) is 13.2 Å². The number of rotatable bonds is 2. The minimum Gasteiger partial charge on any atom is -0.373 e. The second kappa shape index (κ2) is 4.67. The Kier molecular flexibility index (Phi) is 4.06. The van der Waals surface area contributed by atoms with Gasteiger partial charge in [-0.05, 0) is 12.3 Å². The monoisotopic (exact) mass is 318 g/mol. The van der Waals surface area contributed by atoms with Gasteiger partial charge in [-0.2, -0.15) is 26.3 Å². The SMILES string of the molecule is CCC1CC(C(O)(C(F)(F)F)C(F)(F)F)C(F)(F)C1F. The van der Waals surface area contributed by atoms with Crippen molar-refractivity contribution in [1.29, 1.82) is 0 Å². The molecule has 1 N–H and O–H groups in total. The Bertz CT molecular complexity index is 345. The Labute approximate surface area is 107 Å². The molecule has 0 aromatic rings. The van der Waals surface area contributed by atoms with Crippen molar-refractivity contribution < 1.29 is 44.6 Å². The minimum absolute atomic E-state index is 0.362. The Morgan fingerprint density at radius 3 is 1.70 bits per heavy atom. The van der Waals surface area contributed by atoms with Gasteiger partial charge in [-0.1, -0.05) is 13.3 Å². The van der Waals surface area contributed by atoms with Crippen LogP contribution in [0.4, 0.5) is 39.5 Å². The summed E-state index contributed by atoms with van der Waals surface area (Å²) < 4.78 is 115. The number of hydrogen-bond donors (Lipinski definition) is 1. The van der Waals surface area contributed by atoms with Crippen LogP contribution in [0.1, 0.15) is 19.8 Å². The van der Waals surface area contributed by atoms with Crippen LogP contribution in [0.25, 0.3) is 0 Å². The van der Waals surface area contributed by atoms with Crippen molar-refractivity contribution >= 4 is 0 Å². The highest BCUT2D eigenvalue weighted by Gasteiger charge is 2.80. The molecule has 3 atom stereocenters. The van der Waals surface area contributed by atoms with Crippen LogP contribution in [0, 0.1) is 11.8 Å². The van der Waals surface area contributed by atoms with Gasteiger partial charge in [-0.15, -0.1) is 0 Å².